The molecule has 0 unspecified atom stereocenters. The van der Waals surface area contributed by atoms with Gasteiger partial charge >= 0.3 is 6.03 Å². The fourth-order valence-electron chi connectivity index (χ4n) is 3.37. The quantitative estimate of drug-likeness (QED) is 0.939. The largest absolute Gasteiger partial charge is 0.327 e. The van der Waals surface area contributed by atoms with Crippen molar-refractivity contribution in [3.05, 3.63) is 54.5 Å². The molecule has 0 aliphatic carbocycles. The van der Waals surface area contributed by atoms with Crippen molar-refractivity contribution in [1.82, 2.24) is 19.8 Å². The summed E-state index contributed by atoms with van der Waals surface area (Å²) in [7, 11) is 3.96. The number of rotatable bonds is 4. The molecule has 1 fully saturated rings. The highest BCUT2D eigenvalue weighted by Gasteiger charge is 2.34. The van der Waals surface area contributed by atoms with Gasteiger partial charge in [0.15, 0.2) is 0 Å². The van der Waals surface area contributed by atoms with Crippen molar-refractivity contribution in [2.75, 3.05) is 32.5 Å². The lowest BCUT2D eigenvalue weighted by molar-refractivity contribution is 0.201. The van der Waals surface area contributed by atoms with Crippen molar-refractivity contribution < 1.29 is 4.79 Å². The maximum Gasteiger partial charge on any atom is 0.322 e. The van der Waals surface area contributed by atoms with Gasteiger partial charge in [-0.2, -0.15) is 0 Å². The van der Waals surface area contributed by atoms with Gasteiger partial charge in [-0.05, 0) is 49.7 Å². The van der Waals surface area contributed by atoms with Crippen molar-refractivity contribution in [2.45, 2.75) is 12.5 Å². The van der Waals surface area contributed by atoms with Gasteiger partial charge in [0.25, 0.3) is 0 Å². The number of nitrogens with one attached hydrogen (secondary N) is 1. The first-order chi connectivity index (χ1) is 11.6. The molecule has 0 saturated carbocycles. The maximum absolute atomic E-state index is 12.4. The summed E-state index contributed by atoms with van der Waals surface area (Å²) in [6.07, 6.45) is 6.45. The van der Waals surface area contributed by atoms with Crippen LogP contribution in [0.5, 0.6) is 0 Å². The van der Waals surface area contributed by atoms with Gasteiger partial charge in [0.05, 0.1) is 0 Å². The van der Waals surface area contributed by atoms with Gasteiger partial charge in [-0.25, -0.2) is 9.78 Å². The number of hydrogen-bond donors (Lipinski definition) is 1. The lowest BCUT2D eigenvalue weighted by atomic mass is 9.94. The Kier molecular flexibility index (Phi) is 5.05. The van der Waals surface area contributed by atoms with Crippen molar-refractivity contribution in [3.63, 3.8) is 0 Å². The van der Waals surface area contributed by atoms with Gasteiger partial charge in [0, 0.05) is 38.2 Å². The number of hydrogen-bond acceptors (Lipinski definition) is 4. The predicted octanol–water partition coefficient (Wildman–Crippen LogP) is 2.63. The fraction of sp³-hybridized carbons (Fsp3) is 0.389. The van der Waals surface area contributed by atoms with E-state index < -0.39 is 0 Å². The van der Waals surface area contributed by atoms with E-state index in [0.29, 0.717) is 24.3 Å². The molecular weight excluding hydrogens is 302 g/mol. The number of pyridine rings is 2. The first-order valence-electron chi connectivity index (χ1n) is 8.18. The molecule has 0 aromatic carbocycles. The molecular formula is C18H23N5O. The standard InChI is InChI=1S/C18H23N5O/c1-22-11-8-15(17(22)14-6-5-9-19-12-14)13-23(2)18(24)21-16-7-3-4-10-20-16/h3-7,9-10,12,15,17H,8,11,13H2,1-2H3,(H,20,21,24)/t15-,17-/m0/s1. The van der Waals surface area contributed by atoms with Gasteiger partial charge in [-0.3, -0.25) is 15.2 Å². The van der Waals surface area contributed by atoms with Crippen LogP contribution in [-0.2, 0) is 0 Å². The van der Waals surface area contributed by atoms with E-state index in [4.69, 9.17) is 0 Å². The van der Waals surface area contributed by atoms with E-state index in [9.17, 15) is 4.79 Å². The van der Waals surface area contributed by atoms with E-state index in [1.807, 2.05) is 31.4 Å². The van der Waals surface area contributed by atoms with Crippen LogP contribution in [0.15, 0.2) is 48.9 Å². The molecule has 2 amide bonds. The minimum atomic E-state index is -0.131. The van der Waals surface area contributed by atoms with E-state index in [1.165, 1.54) is 5.56 Å². The molecule has 6 nitrogen and oxygen atoms in total. The second kappa shape index (κ2) is 7.40. The Hall–Kier alpha value is -2.47. The normalized spacial score (nSPS) is 20.8. The minimum Gasteiger partial charge on any atom is -0.327 e. The zero-order valence-electron chi connectivity index (χ0n) is 14.1. The maximum atomic E-state index is 12.4. The number of anilines is 1. The Morgan fingerprint density at radius 2 is 2.21 bits per heavy atom. The van der Waals surface area contributed by atoms with E-state index in [2.05, 4.69) is 33.3 Å². The zero-order chi connectivity index (χ0) is 16.9. The highest BCUT2D eigenvalue weighted by atomic mass is 16.2. The molecule has 0 spiro atoms. The first kappa shape index (κ1) is 16.4. The molecule has 1 aliphatic heterocycles. The van der Waals surface area contributed by atoms with Gasteiger partial charge < -0.3 is 4.90 Å². The number of likely N-dealkylation sites (tertiary alicyclic amines) is 1. The number of amides is 2. The van der Waals surface area contributed by atoms with Crippen LogP contribution in [0.4, 0.5) is 10.6 Å². The fourth-order valence-corrected chi connectivity index (χ4v) is 3.37. The van der Waals surface area contributed by atoms with E-state index in [1.54, 1.807) is 23.4 Å². The van der Waals surface area contributed by atoms with Crippen LogP contribution in [0, 0.1) is 5.92 Å². The van der Waals surface area contributed by atoms with Gasteiger partial charge in [-0.15, -0.1) is 0 Å². The second-order valence-corrected chi connectivity index (χ2v) is 6.29. The Morgan fingerprint density at radius 1 is 1.33 bits per heavy atom. The summed E-state index contributed by atoms with van der Waals surface area (Å²) < 4.78 is 0. The summed E-state index contributed by atoms with van der Waals surface area (Å²) >= 11 is 0. The Balaban J connectivity index is 1.64. The summed E-state index contributed by atoms with van der Waals surface area (Å²) in [5.74, 6) is 0.959. The molecule has 6 heteroatoms. The van der Waals surface area contributed by atoms with Crippen molar-refractivity contribution in [2.24, 2.45) is 5.92 Å². The average molecular weight is 325 g/mol. The second-order valence-electron chi connectivity index (χ2n) is 6.29. The summed E-state index contributed by atoms with van der Waals surface area (Å²) in [5, 5.41) is 2.83. The van der Waals surface area contributed by atoms with Crippen LogP contribution in [0.25, 0.3) is 0 Å². The van der Waals surface area contributed by atoms with Crippen molar-refractivity contribution in [1.29, 1.82) is 0 Å². The number of urea groups is 1. The molecule has 1 aliphatic rings. The Morgan fingerprint density at radius 3 is 2.92 bits per heavy atom. The minimum absolute atomic E-state index is 0.131. The molecule has 126 valence electrons. The molecule has 0 radical (unpaired) electrons. The van der Waals surface area contributed by atoms with Crippen LogP contribution in [-0.4, -0.2) is 53.0 Å². The first-order valence-corrected chi connectivity index (χ1v) is 8.18. The predicted molar refractivity (Wildman–Crippen MR) is 93.6 cm³/mol. The molecule has 24 heavy (non-hydrogen) atoms. The molecule has 1 saturated heterocycles. The molecule has 3 rings (SSSR count). The van der Waals surface area contributed by atoms with Crippen LogP contribution < -0.4 is 5.32 Å². The molecule has 2 aromatic heterocycles. The number of nitrogens with zero attached hydrogens (tertiary/aromatic N) is 4. The van der Waals surface area contributed by atoms with E-state index in [-0.39, 0.29) is 6.03 Å². The summed E-state index contributed by atoms with van der Waals surface area (Å²) in [4.78, 5) is 24.8. The van der Waals surface area contributed by atoms with Gasteiger partial charge in [0.2, 0.25) is 0 Å². The molecule has 3 heterocycles. The number of carbonyl (C=O) groups is 1. The molecule has 1 N–H and O–H groups in total. The van der Waals surface area contributed by atoms with Crippen LogP contribution in [0.2, 0.25) is 0 Å². The third kappa shape index (κ3) is 3.71. The smallest absolute Gasteiger partial charge is 0.322 e. The number of aromatic nitrogens is 2. The van der Waals surface area contributed by atoms with Crippen LogP contribution in [0.1, 0.15) is 18.0 Å². The van der Waals surface area contributed by atoms with E-state index in [0.717, 1.165) is 13.0 Å². The van der Waals surface area contributed by atoms with Gasteiger partial charge in [0.1, 0.15) is 5.82 Å². The average Bonchev–Trinajstić information content (AvgIpc) is 2.97. The van der Waals surface area contributed by atoms with Gasteiger partial charge in [-0.1, -0.05) is 12.1 Å². The highest BCUT2D eigenvalue weighted by molar-refractivity contribution is 5.88. The Labute approximate surface area is 142 Å². The summed E-state index contributed by atoms with van der Waals surface area (Å²) in [5.41, 5.74) is 1.21. The summed E-state index contributed by atoms with van der Waals surface area (Å²) in [6.45, 7) is 1.72. The SMILES string of the molecule is CN(C[C@@H]1CCN(C)[C@H]1c1cccnc1)C(=O)Nc1ccccn1. The Bertz CT molecular complexity index is 664. The van der Waals surface area contributed by atoms with Crippen molar-refractivity contribution in [3.8, 4) is 0 Å². The van der Waals surface area contributed by atoms with Crippen LogP contribution >= 0.6 is 0 Å². The third-order valence-electron chi connectivity index (χ3n) is 4.55. The van der Waals surface area contributed by atoms with Crippen LogP contribution in [0.3, 0.4) is 0 Å². The monoisotopic (exact) mass is 325 g/mol. The number of carbonyl (C=O) groups excluding carboxylic acids is 1. The molecule has 2 atom stereocenters. The van der Waals surface area contributed by atoms with E-state index >= 15 is 0 Å². The van der Waals surface area contributed by atoms with Crippen molar-refractivity contribution >= 4 is 11.8 Å². The lowest BCUT2D eigenvalue weighted by Gasteiger charge is -2.28. The lowest BCUT2D eigenvalue weighted by Crippen LogP contribution is -2.37. The molecule has 0 bridgehead atoms. The summed E-state index contributed by atoms with van der Waals surface area (Å²) in [6, 6.07) is 9.71. The third-order valence-corrected chi connectivity index (χ3v) is 4.55. The topological polar surface area (TPSA) is 61.4 Å². The highest BCUT2D eigenvalue weighted by Crippen LogP contribution is 2.36. The molecule has 2 aromatic rings. The zero-order valence-corrected chi connectivity index (χ0v) is 14.1.